The van der Waals surface area contributed by atoms with Gasteiger partial charge in [0.05, 0.1) is 13.2 Å². The minimum absolute atomic E-state index is 0.192. The molecule has 2 heterocycles. The molecule has 0 radical (unpaired) electrons. The van der Waals surface area contributed by atoms with Crippen molar-refractivity contribution in [1.82, 2.24) is 10.2 Å². The second-order valence-corrected chi connectivity index (χ2v) is 5.33. The Morgan fingerprint density at radius 3 is 3.06 bits per heavy atom. The first-order chi connectivity index (χ1) is 8.53. The van der Waals surface area contributed by atoms with Crippen molar-refractivity contribution in [3.8, 4) is 11.5 Å². The monoisotopic (exact) mass is 264 g/mol. The molecule has 2 aliphatic heterocycles. The minimum atomic E-state index is -0.366. The van der Waals surface area contributed by atoms with Gasteiger partial charge in [-0.1, -0.05) is 0 Å². The molecular formula is C13H16N2O2S. The van der Waals surface area contributed by atoms with Crippen LogP contribution in [-0.4, -0.2) is 29.9 Å². The maximum absolute atomic E-state index is 6.12. The number of nitrogens with zero attached hydrogens (tertiary/aromatic N) is 1. The largest absolute Gasteiger partial charge is 0.497 e. The summed E-state index contributed by atoms with van der Waals surface area (Å²) in [6.45, 7) is 2.07. The first-order valence-electron chi connectivity index (χ1n) is 5.95. The third-order valence-corrected chi connectivity index (χ3v) is 4.21. The molecular weight excluding hydrogens is 248 g/mol. The van der Waals surface area contributed by atoms with Crippen LogP contribution in [0.4, 0.5) is 0 Å². The molecule has 96 valence electrons. The lowest BCUT2D eigenvalue weighted by Crippen LogP contribution is -2.63. The van der Waals surface area contributed by atoms with E-state index in [-0.39, 0.29) is 11.8 Å². The molecule has 1 N–H and O–H groups in total. The van der Waals surface area contributed by atoms with Gasteiger partial charge in [0.25, 0.3) is 0 Å². The third-order valence-electron chi connectivity index (χ3n) is 3.82. The van der Waals surface area contributed by atoms with Crippen molar-refractivity contribution in [3.63, 3.8) is 0 Å². The fourth-order valence-corrected chi connectivity index (χ4v) is 2.92. The van der Waals surface area contributed by atoms with Gasteiger partial charge < -0.3 is 19.7 Å². The van der Waals surface area contributed by atoms with Gasteiger partial charge in [-0.05, 0) is 37.3 Å². The molecule has 5 heteroatoms. The highest BCUT2D eigenvalue weighted by molar-refractivity contribution is 7.80. The average Bonchev–Trinajstić information content (AvgIpc) is 2.36. The predicted molar refractivity (Wildman–Crippen MR) is 72.9 cm³/mol. The van der Waals surface area contributed by atoms with Gasteiger partial charge in [-0.3, -0.25) is 0 Å². The zero-order chi connectivity index (χ0) is 12.9. The predicted octanol–water partition coefficient (Wildman–Crippen LogP) is 2.05. The summed E-state index contributed by atoms with van der Waals surface area (Å²) in [6, 6.07) is 6.09. The van der Waals surface area contributed by atoms with Crippen LogP contribution in [0.25, 0.3) is 0 Å². The Morgan fingerprint density at radius 2 is 2.33 bits per heavy atom. The highest BCUT2D eigenvalue weighted by Crippen LogP contribution is 2.44. The maximum Gasteiger partial charge on any atom is 0.183 e. The van der Waals surface area contributed by atoms with Crippen LogP contribution >= 0.6 is 12.2 Å². The van der Waals surface area contributed by atoms with Gasteiger partial charge in [-0.25, -0.2) is 0 Å². The molecule has 2 aliphatic rings. The Hall–Kier alpha value is -1.49. The number of benzene rings is 1. The van der Waals surface area contributed by atoms with Gasteiger partial charge in [0.1, 0.15) is 11.5 Å². The Labute approximate surface area is 112 Å². The van der Waals surface area contributed by atoms with Crippen LogP contribution in [0.3, 0.4) is 0 Å². The quantitative estimate of drug-likeness (QED) is 0.785. The van der Waals surface area contributed by atoms with Gasteiger partial charge >= 0.3 is 0 Å². The number of thiocarbonyl (C=S) groups is 1. The lowest BCUT2D eigenvalue weighted by atomic mass is 9.91. The van der Waals surface area contributed by atoms with E-state index >= 15 is 0 Å². The van der Waals surface area contributed by atoms with Crippen molar-refractivity contribution >= 4 is 17.3 Å². The molecule has 4 nitrogen and oxygen atoms in total. The minimum Gasteiger partial charge on any atom is -0.497 e. The SMILES string of the molecule is COc1ccc2c(c1)C1CC(C)(O2)N(C)C(=S)N1. The van der Waals surface area contributed by atoms with Crippen LogP contribution in [-0.2, 0) is 0 Å². The molecule has 2 atom stereocenters. The fourth-order valence-electron chi connectivity index (χ4n) is 2.58. The van der Waals surface area contributed by atoms with Crippen LogP contribution in [0.1, 0.15) is 24.9 Å². The molecule has 2 unspecified atom stereocenters. The second-order valence-electron chi connectivity index (χ2n) is 4.95. The van der Waals surface area contributed by atoms with Gasteiger partial charge in [0, 0.05) is 19.0 Å². The zero-order valence-corrected chi connectivity index (χ0v) is 11.5. The molecule has 0 aliphatic carbocycles. The molecule has 1 fully saturated rings. The van der Waals surface area contributed by atoms with Crippen LogP contribution in [0.5, 0.6) is 11.5 Å². The molecule has 0 amide bonds. The van der Waals surface area contributed by atoms with Gasteiger partial charge in [-0.15, -0.1) is 0 Å². The van der Waals surface area contributed by atoms with Gasteiger partial charge in [-0.2, -0.15) is 0 Å². The van der Waals surface area contributed by atoms with Crippen molar-refractivity contribution in [2.45, 2.75) is 25.1 Å². The molecule has 0 saturated carbocycles. The number of methoxy groups -OCH3 is 1. The van der Waals surface area contributed by atoms with E-state index in [0.717, 1.165) is 28.6 Å². The summed E-state index contributed by atoms with van der Waals surface area (Å²) in [5.74, 6) is 1.74. The van der Waals surface area contributed by atoms with Crippen molar-refractivity contribution in [3.05, 3.63) is 23.8 Å². The van der Waals surface area contributed by atoms with E-state index in [0.29, 0.717) is 0 Å². The van der Waals surface area contributed by atoms with E-state index in [1.807, 2.05) is 30.1 Å². The Bertz CT molecular complexity index is 520. The standard InChI is InChI=1S/C13H16N2O2S/c1-13-7-10(14-12(18)15(13)2)9-6-8(16-3)4-5-11(9)17-13/h4-6,10H,7H2,1-3H3,(H,14,18). The third kappa shape index (κ3) is 1.54. The number of nitrogens with one attached hydrogen (secondary N) is 1. The fraction of sp³-hybridized carbons (Fsp3) is 0.462. The summed E-state index contributed by atoms with van der Waals surface area (Å²) in [6.07, 6.45) is 0.865. The topological polar surface area (TPSA) is 33.7 Å². The van der Waals surface area contributed by atoms with Crippen molar-refractivity contribution < 1.29 is 9.47 Å². The molecule has 1 aromatic rings. The Balaban J connectivity index is 2.08. The van der Waals surface area contributed by atoms with E-state index in [9.17, 15) is 0 Å². The first kappa shape index (κ1) is 11.6. The summed E-state index contributed by atoms with van der Waals surface area (Å²) < 4.78 is 11.4. The van der Waals surface area contributed by atoms with E-state index in [1.54, 1.807) is 7.11 Å². The molecule has 18 heavy (non-hydrogen) atoms. The summed E-state index contributed by atoms with van der Waals surface area (Å²) in [4.78, 5) is 1.98. The Morgan fingerprint density at radius 1 is 1.56 bits per heavy atom. The van der Waals surface area contributed by atoms with Gasteiger partial charge in [0.15, 0.2) is 10.8 Å². The molecule has 3 rings (SSSR count). The number of hydrogen-bond acceptors (Lipinski definition) is 3. The van der Waals surface area contributed by atoms with Crippen LogP contribution in [0.2, 0.25) is 0 Å². The highest BCUT2D eigenvalue weighted by Gasteiger charge is 2.45. The van der Waals surface area contributed by atoms with Crippen LogP contribution < -0.4 is 14.8 Å². The first-order valence-corrected chi connectivity index (χ1v) is 6.35. The van der Waals surface area contributed by atoms with Crippen molar-refractivity contribution in [2.75, 3.05) is 14.2 Å². The number of rotatable bonds is 1. The lowest BCUT2D eigenvalue weighted by molar-refractivity contribution is -0.0562. The number of hydrogen-bond donors (Lipinski definition) is 1. The zero-order valence-electron chi connectivity index (χ0n) is 10.7. The number of fused-ring (bicyclic) bond motifs is 4. The number of ether oxygens (including phenoxy) is 2. The Kier molecular flexibility index (Phi) is 2.41. The normalized spacial score (nSPS) is 29.2. The van der Waals surface area contributed by atoms with E-state index in [4.69, 9.17) is 21.7 Å². The van der Waals surface area contributed by atoms with E-state index in [1.165, 1.54) is 0 Å². The molecule has 0 spiro atoms. The van der Waals surface area contributed by atoms with E-state index in [2.05, 4.69) is 12.2 Å². The van der Waals surface area contributed by atoms with Crippen molar-refractivity contribution in [2.24, 2.45) is 0 Å². The molecule has 1 aromatic carbocycles. The summed E-state index contributed by atoms with van der Waals surface area (Å²) in [5.41, 5.74) is 0.747. The summed E-state index contributed by atoms with van der Waals surface area (Å²) in [7, 11) is 3.63. The molecule has 1 saturated heterocycles. The molecule has 0 aromatic heterocycles. The smallest absolute Gasteiger partial charge is 0.183 e. The maximum atomic E-state index is 6.12. The van der Waals surface area contributed by atoms with Crippen LogP contribution in [0, 0.1) is 0 Å². The van der Waals surface area contributed by atoms with Crippen molar-refractivity contribution in [1.29, 1.82) is 0 Å². The summed E-state index contributed by atoms with van der Waals surface area (Å²) >= 11 is 5.35. The second kappa shape index (κ2) is 3.75. The van der Waals surface area contributed by atoms with Crippen LogP contribution in [0.15, 0.2) is 18.2 Å². The molecule has 2 bridgehead atoms. The lowest BCUT2D eigenvalue weighted by Gasteiger charge is -2.50. The summed E-state index contributed by atoms with van der Waals surface area (Å²) in [5, 5.41) is 4.08. The van der Waals surface area contributed by atoms with E-state index < -0.39 is 0 Å². The van der Waals surface area contributed by atoms with Gasteiger partial charge in [0.2, 0.25) is 0 Å². The highest BCUT2D eigenvalue weighted by atomic mass is 32.1. The average molecular weight is 264 g/mol.